The lowest BCUT2D eigenvalue weighted by atomic mass is 10.1. The first-order valence-electron chi connectivity index (χ1n) is 9.23. The number of urea groups is 1. The number of piperazine rings is 1. The zero-order valence-corrected chi connectivity index (χ0v) is 15.3. The highest BCUT2D eigenvalue weighted by molar-refractivity contribution is 5.87. The maximum atomic E-state index is 12.3. The normalized spacial score (nSPS) is 14.7. The fourth-order valence-corrected chi connectivity index (χ4v) is 3.16. The summed E-state index contributed by atoms with van der Waals surface area (Å²) >= 11 is 0. The Morgan fingerprint density at radius 2 is 1.56 bits per heavy atom. The van der Waals surface area contributed by atoms with Crippen LogP contribution in [0, 0.1) is 0 Å². The van der Waals surface area contributed by atoms with Crippen molar-refractivity contribution in [2.24, 2.45) is 0 Å². The van der Waals surface area contributed by atoms with Gasteiger partial charge in [0.1, 0.15) is 0 Å². The fourth-order valence-electron chi connectivity index (χ4n) is 3.16. The zero-order valence-electron chi connectivity index (χ0n) is 15.3. The highest BCUT2D eigenvalue weighted by Crippen LogP contribution is 2.07. The van der Waals surface area contributed by atoms with Crippen molar-refractivity contribution in [2.45, 2.75) is 13.0 Å². The van der Waals surface area contributed by atoms with Crippen LogP contribution in [0.2, 0.25) is 0 Å². The number of carbonyl (C=O) groups is 2. The van der Waals surface area contributed by atoms with E-state index in [9.17, 15) is 9.59 Å². The smallest absolute Gasteiger partial charge is 0.335 e. The van der Waals surface area contributed by atoms with Crippen molar-refractivity contribution >= 4 is 12.0 Å². The molecular weight excluding hydrogens is 342 g/mol. The second-order valence-electron chi connectivity index (χ2n) is 6.73. The molecule has 2 N–H and O–H groups in total. The SMILES string of the molecule is O=C(O)c1ccc(CNC(=O)N2CCN(CCc3ccccc3)CC2)cc1. The number of rotatable bonds is 6. The van der Waals surface area contributed by atoms with Crippen molar-refractivity contribution in [3.63, 3.8) is 0 Å². The molecule has 142 valence electrons. The fraction of sp³-hybridized carbons (Fsp3) is 0.333. The minimum Gasteiger partial charge on any atom is -0.478 e. The Morgan fingerprint density at radius 1 is 0.889 bits per heavy atom. The molecule has 1 aliphatic heterocycles. The molecule has 6 nitrogen and oxygen atoms in total. The van der Waals surface area contributed by atoms with Crippen molar-refractivity contribution < 1.29 is 14.7 Å². The van der Waals surface area contributed by atoms with Gasteiger partial charge in [0.15, 0.2) is 0 Å². The first-order chi connectivity index (χ1) is 13.1. The minimum absolute atomic E-state index is 0.0694. The lowest BCUT2D eigenvalue weighted by Gasteiger charge is -2.34. The molecule has 6 heteroatoms. The summed E-state index contributed by atoms with van der Waals surface area (Å²) in [6.45, 7) is 4.61. The van der Waals surface area contributed by atoms with Gasteiger partial charge in [-0.1, -0.05) is 42.5 Å². The van der Waals surface area contributed by atoms with Crippen LogP contribution in [-0.2, 0) is 13.0 Å². The predicted octanol–water partition coefficient (Wildman–Crippen LogP) is 2.45. The van der Waals surface area contributed by atoms with E-state index in [2.05, 4.69) is 34.5 Å². The van der Waals surface area contributed by atoms with Gasteiger partial charge in [-0.3, -0.25) is 4.90 Å². The van der Waals surface area contributed by atoms with Crippen molar-refractivity contribution in [2.75, 3.05) is 32.7 Å². The van der Waals surface area contributed by atoms with Crippen LogP contribution in [0.15, 0.2) is 54.6 Å². The van der Waals surface area contributed by atoms with E-state index in [0.717, 1.165) is 44.7 Å². The summed E-state index contributed by atoms with van der Waals surface area (Å²) < 4.78 is 0. The number of carboxylic acid groups (broad SMARTS) is 1. The van der Waals surface area contributed by atoms with E-state index in [1.54, 1.807) is 24.3 Å². The molecule has 0 aromatic heterocycles. The molecule has 1 heterocycles. The number of aromatic carboxylic acids is 1. The average Bonchev–Trinajstić information content (AvgIpc) is 2.72. The van der Waals surface area contributed by atoms with Crippen LogP contribution < -0.4 is 5.32 Å². The summed E-state index contributed by atoms with van der Waals surface area (Å²) in [5.74, 6) is -0.948. The average molecular weight is 367 g/mol. The van der Waals surface area contributed by atoms with E-state index in [1.807, 2.05) is 11.0 Å². The van der Waals surface area contributed by atoms with Crippen LogP contribution in [0.3, 0.4) is 0 Å². The molecule has 27 heavy (non-hydrogen) atoms. The maximum absolute atomic E-state index is 12.3. The summed E-state index contributed by atoms with van der Waals surface area (Å²) in [7, 11) is 0. The zero-order chi connectivity index (χ0) is 19.1. The summed E-state index contributed by atoms with van der Waals surface area (Å²) in [6.07, 6.45) is 1.03. The second kappa shape index (κ2) is 9.19. The third-order valence-electron chi connectivity index (χ3n) is 4.86. The monoisotopic (exact) mass is 367 g/mol. The van der Waals surface area contributed by atoms with Crippen LogP contribution in [0.1, 0.15) is 21.5 Å². The Labute approximate surface area is 159 Å². The summed E-state index contributed by atoms with van der Waals surface area (Å²) in [6, 6.07) is 16.9. The molecule has 1 fully saturated rings. The number of hydrogen-bond donors (Lipinski definition) is 2. The quantitative estimate of drug-likeness (QED) is 0.823. The van der Waals surface area contributed by atoms with Gasteiger partial charge in [-0.25, -0.2) is 9.59 Å². The summed E-state index contributed by atoms with van der Waals surface area (Å²) in [5.41, 5.74) is 2.47. The number of benzene rings is 2. The molecule has 2 aromatic rings. The van der Waals surface area contributed by atoms with Crippen LogP contribution in [0.25, 0.3) is 0 Å². The van der Waals surface area contributed by atoms with E-state index in [0.29, 0.717) is 6.54 Å². The van der Waals surface area contributed by atoms with Gasteiger partial charge in [0.05, 0.1) is 5.56 Å². The van der Waals surface area contributed by atoms with Gasteiger partial charge in [0.2, 0.25) is 0 Å². The number of hydrogen-bond acceptors (Lipinski definition) is 3. The van der Waals surface area contributed by atoms with E-state index >= 15 is 0 Å². The minimum atomic E-state index is -0.948. The Kier molecular flexibility index (Phi) is 6.44. The number of amides is 2. The van der Waals surface area contributed by atoms with Gasteiger partial charge in [-0.15, -0.1) is 0 Å². The van der Waals surface area contributed by atoms with E-state index in [1.165, 1.54) is 5.56 Å². The molecule has 0 spiro atoms. The highest BCUT2D eigenvalue weighted by atomic mass is 16.4. The van der Waals surface area contributed by atoms with Gasteiger partial charge >= 0.3 is 12.0 Å². The summed E-state index contributed by atoms with van der Waals surface area (Å²) in [4.78, 5) is 27.4. The van der Waals surface area contributed by atoms with Crippen LogP contribution in [-0.4, -0.2) is 59.6 Å². The maximum Gasteiger partial charge on any atom is 0.335 e. The standard InChI is InChI=1S/C21H25N3O3/c25-20(26)19-8-6-18(7-9-19)16-22-21(27)24-14-12-23(13-15-24)11-10-17-4-2-1-3-5-17/h1-9H,10-16H2,(H,22,27)(H,25,26). The molecule has 0 radical (unpaired) electrons. The van der Waals surface area contributed by atoms with Crippen molar-refractivity contribution in [1.82, 2.24) is 15.1 Å². The number of carboxylic acids is 1. The Balaban J connectivity index is 1.38. The lowest BCUT2D eigenvalue weighted by Crippen LogP contribution is -2.51. The molecule has 2 aromatic carbocycles. The number of carbonyl (C=O) groups excluding carboxylic acids is 1. The Bertz CT molecular complexity index is 754. The first kappa shape index (κ1) is 18.9. The van der Waals surface area contributed by atoms with Gasteiger partial charge in [-0.2, -0.15) is 0 Å². The number of nitrogens with one attached hydrogen (secondary N) is 1. The third-order valence-corrected chi connectivity index (χ3v) is 4.86. The van der Waals surface area contributed by atoms with Crippen molar-refractivity contribution in [3.8, 4) is 0 Å². The van der Waals surface area contributed by atoms with Crippen molar-refractivity contribution in [3.05, 3.63) is 71.3 Å². The Hall–Kier alpha value is -2.86. The molecule has 0 saturated carbocycles. The molecule has 0 atom stereocenters. The Morgan fingerprint density at radius 3 is 2.19 bits per heavy atom. The highest BCUT2D eigenvalue weighted by Gasteiger charge is 2.20. The molecule has 1 saturated heterocycles. The van der Waals surface area contributed by atoms with Crippen LogP contribution >= 0.6 is 0 Å². The van der Waals surface area contributed by atoms with E-state index in [4.69, 9.17) is 5.11 Å². The van der Waals surface area contributed by atoms with Crippen molar-refractivity contribution in [1.29, 1.82) is 0 Å². The summed E-state index contributed by atoms with van der Waals surface area (Å²) in [5, 5.41) is 11.8. The molecule has 0 aliphatic carbocycles. The lowest BCUT2D eigenvalue weighted by molar-refractivity contribution is 0.0697. The molecule has 1 aliphatic rings. The van der Waals surface area contributed by atoms with Gasteiger partial charge in [0.25, 0.3) is 0 Å². The van der Waals surface area contributed by atoms with Gasteiger partial charge < -0.3 is 15.3 Å². The molecule has 3 rings (SSSR count). The molecule has 2 amide bonds. The first-order valence-corrected chi connectivity index (χ1v) is 9.23. The van der Waals surface area contributed by atoms with E-state index in [-0.39, 0.29) is 11.6 Å². The second-order valence-corrected chi connectivity index (χ2v) is 6.73. The molecule has 0 bridgehead atoms. The number of nitrogens with zero attached hydrogens (tertiary/aromatic N) is 2. The topological polar surface area (TPSA) is 72.9 Å². The van der Waals surface area contributed by atoms with Gasteiger partial charge in [-0.05, 0) is 29.7 Å². The van der Waals surface area contributed by atoms with Crippen LogP contribution in [0.4, 0.5) is 4.79 Å². The molecular formula is C21H25N3O3. The largest absolute Gasteiger partial charge is 0.478 e. The van der Waals surface area contributed by atoms with Crippen LogP contribution in [0.5, 0.6) is 0 Å². The molecule has 0 unspecified atom stereocenters. The van der Waals surface area contributed by atoms with Gasteiger partial charge in [0, 0.05) is 39.3 Å². The van der Waals surface area contributed by atoms with E-state index < -0.39 is 5.97 Å². The predicted molar refractivity (Wildman–Crippen MR) is 104 cm³/mol. The third kappa shape index (κ3) is 5.56.